The van der Waals surface area contributed by atoms with Gasteiger partial charge in [-0.2, -0.15) is 0 Å². The fourth-order valence-corrected chi connectivity index (χ4v) is 8.49. The number of amides is 2. The first-order valence-electron chi connectivity index (χ1n) is 19.4. The largest absolute Gasteiger partial charge is 0.507 e. The second-order valence-corrected chi connectivity index (χ2v) is 15.5. The molecule has 2 fully saturated rings. The number of hydrogen-bond acceptors (Lipinski definition) is 19. The van der Waals surface area contributed by atoms with Gasteiger partial charge >= 0.3 is 0 Å². The lowest BCUT2D eigenvalue weighted by atomic mass is 9.74. The molecule has 4 aliphatic rings. The Bertz CT molecular complexity index is 2320. The number of phenolic OH excluding ortho intramolecular Hbond substituents is 3. The number of benzene rings is 3. The summed E-state index contributed by atoms with van der Waals surface area (Å²) in [5.74, 6) is -5.81. The number of likely N-dealkylation sites (N-methyl/N-ethyl adjacent to an activating group) is 1. The molecule has 334 valence electrons. The first-order chi connectivity index (χ1) is 29.4. The van der Waals surface area contributed by atoms with Gasteiger partial charge in [0.2, 0.25) is 0 Å². The predicted molar refractivity (Wildman–Crippen MR) is 208 cm³/mol. The zero-order chi connectivity index (χ0) is 45.2. The van der Waals surface area contributed by atoms with E-state index in [2.05, 4.69) is 21.0 Å². The van der Waals surface area contributed by atoms with Crippen molar-refractivity contribution in [3.05, 3.63) is 68.8 Å². The van der Waals surface area contributed by atoms with E-state index in [4.69, 9.17) is 23.7 Å². The summed E-state index contributed by atoms with van der Waals surface area (Å²) in [6.45, 7) is 3.96. The molecule has 21 heteroatoms. The number of ether oxygens (including phenoxy) is 5. The minimum absolute atomic E-state index is 0.0233. The van der Waals surface area contributed by atoms with Gasteiger partial charge in [0.15, 0.2) is 24.1 Å². The molecular formula is C41H47N3O18. The first kappa shape index (κ1) is 44.7. The number of methoxy groups -OCH3 is 1. The fraction of sp³-hybridized carbons (Fsp3) is 0.463. The van der Waals surface area contributed by atoms with Gasteiger partial charge in [-0.25, -0.2) is 5.48 Å². The summed E-state index contributed by atoms with van der Waals surface area (Å²) in [6.07, 6.45) is -15.5. The minimum atomic E-state index is -1.88. The Balaban J connectivity index is 1.36. The lowest BCUT2D eigenvalue weighted by Gasteiger charge is -2.47. The summed E-state index contributed by atoms with van der Waals surface area (Å²) in [5, 5.41) is 95.4. The van der Waals surface area contributed by atoms with Crippen molar-refractivity contribution in [3.8, 4) is 34.1 Å². The molecule has 21 nitrogen and oxygen atoms in total. The molecule has 2 saturated heterocycles. The molecule has 2 aliphatic heterocycles. The molecule has 2 aliphatic carbocycles. The third kappa shape index (κ3) is 7.33. The van der Waals surface area contributed by atoms with E-state index in [1.165, 1.54) is 40.2 Å². The van der Waals surface area contributed by atoms with Gasteiger partial charge in [-0.1, -0.05) is 6.07 Å². The first-order valence-corrected chi connectivity index (χ1v) is 19.4. The zero-order valence-corrected chi connectivity index (χ0v) is 34.1. The van der Waals surface area contributed by atoms with Crippen LogP contribution in [0.4, 0.5) is 0 Å². The lowest BCUT2D eigenvalue weighted by molar-refractivity contribution is -0.339. The molecule has 0 aromatic heterocycles. The number of hydrogen-bond donors (Lipinski definition) is 11. The molecule has 3 aromatic rings. The van der Waals surface area contributed by atoms with Gasteiger partial charge in [0.1, 0.15) is 71.8 Å². The van der Waals surface area contributed by atoms with Gasteiger partial charge in [-0.3, -0.25) is 24.0 Å². The molecular weight excluding hydrogens is 822 g/mol. The van der Waals surface area contributed by atoms with E-state index < -0.39 is 143 Å². The number of aromatic hydroxyl groups is 3. The van der Waals surface area contributed by atoms with E-state index in [1.807, 2.05) is 0 Å². The van der Waals surface area contributed by atoms with Crippen LogP contribution in [0.3, 0.4) is 0 Å². The van der Waals surface area contributed by atoms with Crippen LogP contribution in [0, 0.1) is 6.92 Å². The van der Waals surface area contributed by atoms with Crippen LogP contribution in [0.25, 0.3) is 11.1 Å². The number of carbonyl (C=O) groups is 4. The normalized spacial score (nSPS) is 29.4. The predicted octanol–water partition coefficient (Wildman–Crippen LogP) is -1.02. The van der Waals surface area contributed by atoms with Gasteiger partial charge in [0.25, 0.3) is 11.8 Å². The average Bonchev–Trinajstić information content (AvgIpc) is 3.22. The molecule has 0 unspecified atom stereocenters. The average molecular weight is 870 g/mol. The third-order valence-corrected chi connectivity index (χ3v) is 11.6. The monoisotopic (exact) mass is 869 g/mol. The topological polar surface area (TPSA) is 322 Å². The lowest BCUT2D eigenvalue weighted by Crippen LogP contribution is -2.65. The molecule has 12 atom stereocenters. The number of fused-ring (bicyclic) bond motifs is 5. The molecule has 0 bridgehead atoms. The van der Waals surface area contributed by atoms with E-state index in [0.29, 0.717) is 0 Å². The third-order valence-electron chi connectivity index (χ3n) is 11.6. The van der Waals surface area contributed by atoms with Crippen LogP contribution in [-0.4, -0.2) is 153 Å². The highest BCUT2D eigenvalue weighted by molar-refractivity contribution is 6.31. The number of nitrogens with one attached hydrogen (secondary N) is 3. The maximum Gasteiger partial charge on any atom is 0.265 e. The Hall–Kier alpha value is -5.30. The standard InChI is InChI=1S/C41H47N3O18/c1-12-7-19-25(32(51)22(12)39(56)43-13(2)38(55)44-58-6)24-17(10-18-26(33(24)52)29(48)16-8-15(57-5)9-20(45)23(16)28(18)47)30(49)36(19)61-41-35(54)37(27(42-4)14(3)60-41)62-40-34(53)31(50)21(46)11-59-40/h7-10,13-14,21,27,30-31,34-37,40-42,45-46,49-54H,11H2,1-6H3,(H,43,56)(H,44,55)/t13-,14-,21-,27+,30+,31+,34-,35-,36+,37+,40+,41+/m1/s1. The van der Waals surface area contributed by atoms with Crippen LogP contribution < -0.4 is 20.9 Å². The van der Waals surface area contributed by atoms with Crippen LogP contribution >= 0.6 is 0 Å². The molecule has 7 rings (SSSR count). The number of aryl methyl sites for hydroxylation is 1. The Morgan fingerprint density at radius 1 is 0.823 bits per heavy atom. The molecule has 2 heterocycles. The summed E-state index contributed by atoms with van der Waals surface area (Å²) in [7, 11) is 4.01. The second-order valence-electron chi connectivity index (χ2n) is 15.5. The van der Waals surface area contributed by atoms with Gasteiger partial charge in [-0.15, -0.1) is 0 Å². The van der Waals surface area contributed by atoms with Crippen LogP contribution in [0.15, 0.2) is 24.3 Å². The number of hydroxylamine groups is 1. The van der Waals surface area contributed by atoms with Crippen molar-refractivity contribution in [2.45, 2.75) is 94.3 Å². The Morgan fingerprint density at radius 3 is 2.15 bits per heavy atom. The van der Waals surface area contributed by atoms with E-state index in [9.17, 15) is 60.0 Å². The molecule has 0 spiro atoms. The molecule has 62 heavy (non-hydrogen) atoms. The highest BCUT2D eigenvalue weighted by atomic mass is 16.7. The van der Waals surface area contributed by atoms with E-state index in [0.717, 1.165) is 12.1 Å². The highest BCUT2D eigenvalue weighted by Crippen LogP contribution is 2.57. The zero-order valence-electron chi connectivity index (χ0n) is 34.1. The fourth-order valence-electron chi connectivity index (χ4n) is 8.49. The summed E-state index contributed by atoms with van der Waals surface area (Å²) in [6, 6.07) is 2.74. The smallest absolute Gasteiger partial charge is 0.265 e. The van der Waals surface area contributed by atoms with Crippen molar-refractivity contribution in [2.24, 2.45) is 0 Å². The molecule has 0 saturated carbocycles. The van der Waals surface area contributed by atoms with Crippen molar-refractivity contribution >= 4 is 23.4 Å². The maximum absolute atomic E-state index is 14.1. The Kier molecular flexibility index (Phi) is 12.3. The number of rotatable bonds is 10. The second kappa shape index (κ2) is 17.1. The van der Waals surface area contributed by atoms with Crippen molar-refractivity contribution < 1.29 is 88.6 Å². The maximum atomic E-state index is 14.1. The van der Waals surface area contributed by atoms with Crippen LogP contribution in [0.1, 0.15) is 84.9 Å². The van der Waals surface area contributed by atoms with E-state index in [-0.39, 0.29) is 39.1 Å². The molecule has 2 amide bonds. The van der Waals surface area contributed by atoms with Gasteiger partial charge in [0, 0.05) is 28.3 Å². The number of aliphatic hydroxyl groups is 5. The van der Waals surface area contributed by atoms with Crippen molar-refractivity contribution in [2.75, 3.05) is 27.9 Å². The summed E-state index contributed by atoms with van der Waals surface area (Å²) in [4.78, 5) is 59.1. The van der Waals surface area contributed by atoms with Gasteiger partial charge in [0.05, 0.1) is 49.7 Å². The van der Waals surface area contributed by atoms with Crippen LogP contribution in [0.2, 0.25) is 0 Å². The molecule has 0 radical (unpaired) electrons. The summed E-state index contributed by atoms with van der Waals surface area (Å²) < 4.78 is 29.0. The van der Waals surface area contributed by atoms with Crippen LogP contribution in [0.5, 0.6) is 23.0 Å². The number of ketones is 2. The highest BCUT2D eigenvalue weighted by Gasteiger charge is 2.51. The van der Waals surface area contributed by atoms with Crippen molar-refractivity contribution in [1.29, 1.82) is 0 Å². The van der Waals surface area contributed by atoms with Gasteiger partial charge in [-0.05, 0) is 56.6 Å². The number of aliphatic hydroxyl groups excluding tert-OH is 5. The van der Waals surface area contributed by atoms with Crippen molar-refractivity contribution in [3.63, 3.8) is 0 Å². The van der Waals surface area contributed by atoms with Gasteiger partial charge < -0.3 is 75.2 Å². The molecule has 11 N–H and O–H groups in total. The van der Waals surface area contributed by atoms with E-state index in [1.54, 1.807) is 14.0 Å². The van der Waals surface area contributed by atoms with Crippen LogP contribution in [-0.2, 0) is 28.6 Å². The minimum Gasteiger partial charge on any atom is -0.507 e. The Morgan fingerprint density at radius 2 is 1.48 bits per heavy atom. The Labute approximate surface area is 352 Å². The van der Waals surface area contributed by atoms with E-state index >= 15 is 0 Å². The van der Waals surface area contributed by atoms with Crippen molar-refractivity contribution in [1.82, 2.24) is 16.1 Å². The SMILES string of the molecule is CN[C@@H]1[C@H](O[C@@H]2OC[C@@H](O)[C@H](O)[C@H]2O)[C@@H](O)[C@H](O[C@H]2c3cc(C)c(C(=O)N[C@H](C)C(=O)NOC)c(O)c3-c3c(cc4c(c3O)C(=O)c3cc(OC)cc(O)c3C4=O)[C@@H]2O)O[C@@H]1C. The molecule has 3 aromatic carbocycles. The number of carbonyl (C=O) groups excluding carboxylic acids is 4. The number of phenols is 3. The quantitative estimate of drug-likeness (QED) is 0.0850. The summed E-state index contributed by atoms with van der Waals surface area (Å²) in [5.41, 5.74) is -1.04. The summed E-state index contributed by atoms with van der Waals surface area (Å²) >= 11 is 0.